The van der Waals surface area contributed by atoms with Crippen molar-refractivity contribution in [1.29, 1.82) is 0 Å². The first kappa shape index (κ1) is 26.0. The average molecular weight is 527 g/mol. The summed E-state index contributed by atoms with van der Waals surface area (Å²) in [5.74, 6) is 0.604. The summed E-state index contributed by atoms with van der Waals surface area (Å²) in [4.78, 5) is 26.2. The van der Waals surface area contributed by atoms with Gasteiger partial charge in [-0.15, -0.1) is 0 Å². The van der Waals surface area contributed by atoms with E-state index in [1.54, 1.807) is 21.3 Å². The van der Waals surface area contributed by atoms with Crippen molar-refractivity contribution in [2.24, 2.45) is 11.8 Å². The summed E-state index contributed by atoms with van der Waals surface area (Å²) in [6.07, 6.45) is 3.59. The minimum absolute atomic E-state index is 0.101. The molecule has 0 amide bonds. The molecule has 0 unspecified atom stereocenters. The van der Waals surface area contributed by atoms with Crippen molar-refractivity contribution in [3.05, 3.63) is 41.0 Å². The third-order valence-electron chi connectivity index (χ3n) is 7.66. The molecule has 2 heterocycles. The van der Waals surface area contributed by atoms with Crippen LogP contribution < -0.4 is 23.7 Å². The van der Waals surface area contributed by atoms with E-state index in [9.17, 15) is 9.59 Å². The second-order valence-electron chi connectivity index (χ2n) is 9.81. The predicted octanol–water partition coefficient (Wildman–Crippen LogP) is 4.93. The maximum absolute atomic E-state index is 13.2. The number of ether oxygens (including phenoxy) is 7. The molecule has 3 aliphatic rings. The summed E-state index contributed by atoms with van der Waals surface area (Å²) in [5, 5.41) is 0. The summed E-state index contributed by atoms with van der Waals surface area (Å²) in [6.45, 7) is 2.39. The molecule has 0 aromatic heterocycles. The zero-order valence-corrected chi connectivity index (χ0v) is 22.2. The molecule has 2 aliphatic heterocycles. The lowest BCUT2D eigenvalue weighted by molar-refractivity contribution is -0.154. The van der Waals surface area contributed by atoms with Crippen LogP contribution in [0.1, 0.15) is 67.7 Å². The first-order valence-corrected chi connectivity index (χ1v) is 13.1. The minimum atomic E-state index is -0.645. The number of carbonyl (C=O) groups is 2. The van der Waals surface area contributed by atoms with E-state index in [2.05, 4.69) is 6.92 Å². The van der Waals surface area contributed by atoms with E-state index < -0.39 is 17.9 Å². The number of esters is 2. The van der Waals surface area contributed by atoms with Crippen LogP contribution in [0.5, 0.6) is 28.7 Å². The molecule has 0 bridgehead atoms. The zero-order chi connectivity index (χ0) is 26.8. The van der Waals surface area contributed by atoms with Crippen molar-refractivity contribution < 1.29 is 42.7 Å². The third kappa shape index (κ3) is 4.59. The Morgan fingerprint density at radius 3 is 2.21 bits per heavy atom. The van der Waals surface area contributed by atoms with Crippen molar-refractivity contribution in [1.82, 2.24) is 0 Å². The van der Waals surface area contributed by atoms with Gasteiger partial charge >= 0.3 is 11.9 Å². The molecule has 2 aromatic rings. The number of methoxy groups -OCH3 is 3. The predicted molar refractivity (Wildman–Crippen MR) is 136 cm³/mol. The van der Waals surface area contributed by atoms with E-state index in [4.69, 9.17) is 33.2 Å². The van der Waals surface area contributed by atoms with Gasteiger partial charge in [-0.2, -0.15) is 0 Å². The van der Waals surface area contributed by atoms with Gasteiger partial charge in [-0.05, 0) is 41.8 Å². The number of hydrogen-bond acceptors (Lipinski definition) is 9. The number of hydrogen-bond donors (Lipinski definition) is 0. The highest BCUT2D eigenvalue weighted by atomic mass is 16.7. The lowest BCUT2D eigenvalue weighted by Gasteiger charge is -2.38. The molecule has 1 aliphatic carbocycles. The van der Waals surface area contributed by atoms with Gasteiger partial charge in [0.1, 0.15) is 6.10 Å². The molecule has 9 nitrogen and oxygen atoms in total. The number of benzene rings is 2. The van der Waals surface area contributed by atoms with E-state index in [0.717, 1.165) is 42.4 Å². The fraction of sp³-hybridized carbons (Fsp3) is 0.517. The maximum Gasteiger partial charge on any atom is 0.310 e. The molecule has 0 N–H and O–H groups in total. The normalized spacial score (nSPS) is 22.8. The number of unbranched alkanes of at least 4 members (excludes halogenated alkanes) is 3. The summed E-state index contributed by atoms with van der Waals surface area (Å²) < 4.78 is 39.8. The Labute approximate surface area is 222 Å². The molecule has 0 spiro atoms. The first-order valence-electron chi connectivity index (χ1n) is 13.1. The smallest absolute Gasteiger partial charge is 0.310 e. The van der Waals surface area contributed by atoms with Gasteiger partial charge < -0.3 is 33.2 Å². The van der Waals surface area contributed by atoms with Crippen LogP contribution in [-0.2, 0) is 19.1 Å². The van der Waals surface area contributed by atoms with Crippen molar-refractivity contribution in [2.45, 2.75) is 51.0 Å². The van der Waals surface area contributed by atoms with Crippen LogP contribution in [0.15, 0.2) is 24.3 Å². The van der Waals surface area contributed by atoms with E-state index in [1.165, 1.54) is 0 Å². The Morgan fingerprint density at radius 2 is 1.58 bits per heavy atom. The zero-order valence-electron chi connectivity index (χ0n) is 22.2. The Kier molecular flexibility index (Phi) is 7.53. The van der Waals surface area contributed by atoms with Crippen molar-refractivity contribution in [2.75, 3.05) is 34.7 Å². The largest absolute Gasteiger partial charge is 0.493 e. The van der Waals surface area contributed by atoms with Crippen LogP contribution in [-0.4, -0.2) is 46.7 Å². The Bertz CT molecular complexity index is 1180. The van der Waals surface area contributed by atoms with E-state index in [0.29, 0.717) is 35.2 Å². The monoisotopic (exact) mass is 526 g/mol. The lowest BCUT2D eigenvalue weighted by Crippen LogP contribution is -2.36. The second-order valence-corrected chi connectivity index (χ2v) is 9.81. The summed E-state index contributed by atoms with van der Waals surface area (Å²) in [6, 6.07) is 7.46. The van der Waals surface area contributed by atoms with E-state index in [-0.39, 0.29) is 31.3 Å². The van der Waals surface area contributed by atoms with Crippen LogP contribution in [0.2, 0.25) is 0 Å². The van der Waals surface area contributed by atoms with Gasteiger partial charge in [0.15, 0.2) is 23.0 Å². The topological polar surface area (TPSA) is 98.8 Å². The van der Waals surface area contributed by atoms with Gasteiger partial charge in [0, 0.05) is 23.8 Å². The highest BCUT2D eigenvalue weighted by Crippen LogP contribution is 2.56. The van der Waals surface area contributed by atoms with Crippen LogP contribution in [0.25, 0.3) is 0 Å². The number of fused-ring (bicyclic) bond motifs is 3. The molecular formula is C29H34O9. The molecule has 4 atom stereocenters. The third-order valence-corrected chi connectivity index (χ3v) is 7.66. The molecule has 1 fully saturated rings. The minimum Gasteiger partial charge on any atom is -0.493 e. The Balaban J connectivity index is 1.60. The summed E-state index contributed by atoms with van der Waals surface area (Å²) in [7, 11) is 4.65. The molecule has 9 heteroatoms. The molecule has 1 saturated heterocycles. The molecule has 0 radical (unpaired) electrons. The summed E-state index contributed by atoms with van der Waals surface area (Å²) >= 11 is 0. The standard InChI is InChI=1S/C29H34O9/c1-5-6-7-8-9-24(30)38-27-18-13-21-20(36-15-37-21)12-17(18)25(26-19(27)14-35-29(26)31)16-10-22(32-2)28(34-4)23(11-16)33-3/h10-13,19,25-27H,5-9,14-15H2,1-4H3/t19-,25+,26-,27+/m0/s1. The SMILES string of the molecule is CCCCCCC(=O)O[C@@H]1c2cc3c(cc2[C@@H](c2cc(OC)c(OC)c(OC)c2)[C@H]2C(=O)OC[C@@H]21)OCO3. The molecule has 38 heavy (non-hydrogen) atoms. The van der Waals surface area contributed by atoms with Crippen molar-refractivity contribution in [3.8, 4) is 28.7 Å². The van der Waals surface area contributed by atoms with Crippen molar-refractivity contribution >= 4 is 11.9 Å². The molecule has 2 aromatic carbocycles. The van der Waals surface area contributed by atoms with E-state index >= 15 is 0 Å². The van der Waals surface area contributed by atoms with E-state index in [1.807, 2.05) is 24.3 Å². The van der Waals surface area contributed by atoms with Gasteiger partial charge in [0.25, 0.3) is 0 Å². The van der Waals surface area contributed by atoms with Gasteiger partial charge in [-0.1, -0.05) is 26.2 Å². The second kappa shape index (κ2) is 11.0. The highest BCUT2D eigenvalue weighted by molar-refractivity contribution is 5.79. The Morgan fingerprint density at radius 1 is 0.895 bits per heavy atom. The fourth-order valence-corrected chi connectivity index (χ4v) is 5.84. The van der Waals surface area contributed by atoms with Gasteiger partial charge in [-0.25, -0.2) is 0 Å². The van der Waals surface area contributed by atoms with Crippen LogP contribution in [0, 0.1) is 11.8 Å². The van der Waals surface area contributed by atoms with Gasteiger partial charge in [0.2, 0.25) is 12.5 Å². The molecule has 204 valence electrons. The van der Waals surface area contributed by atoms with Gasteiger partial charge in [-0.3, -0.25) is 9.59 Å². The molecular weight excluding hydrogens is 492 g/mol. The van der Waals surface area contributed by atoms with Gasteiger partial charge in [0.05, 0.1) is 33.9 Å². The molecule has 5 rings (SSSR count). The summed E-state index contributed by atoms with van der Waals surface area (Å²) in [5.41, 5.74) is 2.39. The first-order chi connectivity index (χ1) is 18.5. The average Bonchev–Trinajstić information content (AvgIpc) is 3.55. The quantitative estimate of drug-likeness (QED) is 0.315. The van der Waals surface area contributed by atoms with Crippen LogP contribution in [0.3, 0.4) is 0 Å². The highest BCUT2D eigenvalue weighted by Gasteiger charge is 2.54. The number of cyclic esters (lactones) is 1. The Hall–Kier alpha value is -3.62. The number of carbonyl (C=O) groups excluding carboxylic acids is 2. The van der Waals surface area contributed by atoms with Crippen LogP contribution >= 0.6 is 0 Å². The lowest BCUT2D eigenvalue weighted by atomic mass is 9.66. The molecule has 0 saturated carbocycles. The van der Waals surface area contributed by atoms with Crippen molar-refractivity contribution in [3.63, 3.8) is 0 Å². The maximum atomic E-state index is 13.2. The number of rotatable bonds is 10. The fourth-order valence-electron chi connectivity index (χ4n) is 5.84. The van der Waals surface area contributed by atoms with Crippen LogP contribution in [0.4, 0.5) is 0 Å².